The van der Waals surface area contributed by atoms with Gasteiger partial charge >= 0.3 is 0 Å². The number of rotatable bonds is 1. The molecule has 0 saturated heterocycles. The summed E-state index contributed by atoms with van der Waals surface area (Å²) in [7, 11) is 0. The number of benzene rings is 1. The van der Waals surface area contributed by atoms with E-state index in [4.69, 9.17) is 0 Å². The first-order valence-corrected chi connectivity index (χ1v) is 6.57. The summed E-state index contributed by atoms with van der Waals surface area (Å²) >= 11 is 0. The third-order valence-corrected chi connectivity index (χ3v) is 5.43. The Morgan fingerprint density at radius 1 is 1.33 bits per heavy atom. The van der Waals surface area contributed by atoms with Crippen LogP contribution in [0.3, 0.4) is 0 Å². The van der Waals surface area contributed by atoms with Crippen LogP contribution >= 0.6 is 0 Å². The molecule has 0 aliphatic heterocycles. The molecule has 2 nitrogen and oxygen atoms in total. The van der Waals surface area contributed by atoms with Crippen molar-refractivity contribution in [2.45, 2.75) is 36.0 Å². The number of halogens is 1. The number of hydrogen-bond donors (Lipinski definition) is 1. The van der Waals surface area contributed by atoms with E-state index < -0.39 is 0 Å². The van der Waals surface area contributed by atoms with Gasteiger partial charge in [0.2, 0.25) is 0 Å². The van der Waals surface area contributed by atoms with Crippen molar-refractivity contribution >= 4 is 0 Å². The maximum atomic E-state index is 13.5. The van der Waals surface area contributed by atoms with Crippen LogP contribution in [0.5, 0.6) is 0 Å². The molecule has 2 fully saturated rings. The molecule has 2 aromatic rings. The SMILES string of the molecule is Fc1ccc2c(c1)C1(CC1)C1(c3c[nH]cn3)CC21. The molecule has 1 N–H and O–H groups in total. The van der Waals surface area contributed by atoms with Crippen LogP contribution in [0.2, 0.25) is 0 Å². The minimum absolute atomic E-state index is 0.0986. The molecule has 1 heterocycles. The van der Waals surface area contributed by atoms with Gasteiger partial charge in [-0.2, -0.15) is 0 Å². The Labute approximate surface area is 104 Å². The number of imidazole rings is 1. The second-order valence-electron chi connectivity index (χ2n) is 6.00. The molecule has 3 aliphatic rings. The van der Waals surface area contributed by atoms with E-state index in [0.717, 1.165) is 0 Å². The molecule has 2 unspecified atom stereocenters. The van der Waals surface area contributed by atoms with Crippen LogP contribution in [0.4, 0.5) is 4.39 Å². The van der Waals surface area contributed by atoms with Gasteiger partial charge in [-0.25, -0.2) is 9.37 Å². The van der Waals surface area contributed by atoms with E-state index in [1.165, 1.54) is 36.1 Å². The molecule has 0 bridgehead atoms. The quantitative estimate of drug-likeness (QED) is 0.815. The topological polar surface area (TPSA) is 28.7 Å². The smallest absolute Gasteiger partial charge is 0.123 e. The molecule has 2 saturated carbocycles. The fraction of sp³-hybridized carbons (Fsp3) is 0.400. The van der Waals surface area contributed by atoms with Crippen molar-refractivity contribution in [3.05, 3.63) is 53.4 Å². The maximum Gasteiger partial charge on any atom is 0.123 e. The molecule has 1 spiro atoms. The average molecular weight is 240 g/mol. The van der Waals surface area contributed by atoms with Crippen LogP contribution in [0.15, 0.2) is 30.7 Å². The lowest BCUT2D eigenvalue weighted by Gasteiger charge is -2.22. The number of fused-ring (bicyclic) bond motifs is 5. The third-order valence-electron chi connectivity index (χ3n) is 5.43. The highest BCUT2D eigenvalue weighted by atomic mass is 19.1. The van der Waals surface area contributed by atoms with Crippen molar-refractivity contribution < 1.29 is 4.39 Å². The summed E-state index contributed by atoms with van der Waals surface area (Å²) < 4.78 is 13.5. The van der Waals surface area contributed by atoms with Crippen LogP contribution in [0.1, 0.15) is 42.0 Å². The Kier molecular flexibility index (Phi) is 1.31. The van der Waals surface area contributed by atoms with Crippen LogP contribution in [-0.2, 0) is 10.8 Å². The molecule has 0 amide bonds. The third kappa shape index (κ3) is 0.779. The number of aromatic nitrogens is 2. The molecule has 5 rings (SSSR count). The second kappa shape index (κ2) is 2.53. The minimum atomic E-state index is -0.0986. The van der Waals surface area contributed by atoms with E-state index in [-0.39, 0.29) is 16.6 Å². The summed E-state index contributed by atoms with van der Waals surface area (Å²) in [6.45, 7) is 0. The summed E-state index contributed by atoms with van der Waals surface area (Å²) in [6.07, 6.45) is 7.36. The van der Waals surface area contributed by atoms with Crippen molar-refractivity contribution in [3.8, 4) is 0 Å². The van der Waals surface area contributed by atoms with Gasteiger partial charge in [0.05, 0.1) is 12.0 Å². The molecular formula is C15H13FN2. The molecular weight excluding hydrogens is 227 g/mol. The molecule has 90 valence electrons. The summed E-state index contributed by atoms with van der Waals surface area (Å²) in [5.74, 6) is 0.470. The van der Waals surface area contributed by atoms with E-state index in [1.54, 1.807) is 18.5 Å². The van der Waals surface area contributed by atoms with Gasteiger partial charge in [0.1, 0.15) is 5.82 Å². The fourth-order valence-electron chi connectivity index (χ4n) is 4.53. The van der Waals surface area contributed by atoms with Crippen LogP contribution in [-0.4, -0.2) is 9.97 Å². The fourth-order valence-corrected chi connectivity index (χ4v) is 4.53. The number of aromatic amines is 1. The number of hydrogen-bond acceptors (Lipinski definition) is 1. The number of H-pyrrole nitrogens is 1. The van der Waals surface area contributed by atoms with E-state index in [0.29, 0.717) is 5.92 Å². The van der Waals surface area contributed by atoms with Gasteiger partial charge in [-0.3, -0.25) is 0 Å². The standard InChI is InChI=1S/C15H13FN2/c16-9-1-2-10-11(5-9)14(3-4-14)15(6-12(10)15)13-7-17-8-18-13/h1-2,5,7-8,12H,3-4,6H2,(H,17,18). The van der Waals surface area contributed by atoms with Crippen molar-refractivity contribution in [2.75, 3.05) is 0 Å². The summed E-state index contributed by atoms with van der Waals surface area (Å²) in [5.41, 5.74) is 4.20. The highest BCUT2D eigenvalue weighted by Crippen LogP contribution is 2.82. The van der Waals surface area contributed by atoms with Crippen molar-refractivity contribution in [3.63, 3.8) is 0 Å². The first-order chi connectivity index (χ1) is 8.78. The van der Waals surface area contributed by atoms with Gasteiger partial charge < -0.3 is 4.98 Å². The van der Waals surface area contributed by atoms with Crippen molar-refractivity contribution in [1.29, 1.82) is 0 Å². The van der Waals surface area contributed by atoms with E-state index in [2.05, 4.69) is 9.97 Å². The zero-order valence-corrected chi connectivity index (χ0v) is 9.91. The Morgan fingerprint density at radius 3 is 2.94 bits per heavy atom. The Balaban J connectivity index is 1.78. The lowest BCUT2D eigenvalue weighted by atomic mass is 9.81. The average Bonchev–Trinajstić information content (AvgIpc) is 3.23. The monoisotopic (exact) mass is 240 g/mol. The molecule has 3 heteroatoms. The Bertz CT molecular complexity index is 657. The predicted molar refractivity (Wildman–Crippen MR) is 64.9 cm³/mol. The van der Waals surface area contributed by atoms with Gasteiger partial charge in [0.15, 0.2) is 0 Å². The van der Waals surface area contributed by atoms with E-state index in [1.807, 2.05) is 12.3 Å². The Morgan fingerprint density at radius 2 is 2.22 bits per heavy atom. The minimum Gasteiger partial charge on any atom is -0.351 e. The zero-order valence-electron chi connectivity index (χ0n) is 9.91. The molecule has 0 radical (unpaired) electrons. The largest absolute Gasteiger partial charge is 0.351 e. The zero-order chi connectivity index (χ0) is 12.0. The maximum absolute atomic E-state index is 13.5. The van der Waals surface area contributed by atoms with Gasteiger partial charge in [-0.1, -0.05) is 6.07 Å². The lowest BCUT2D eigenvalue weighted by Crippen LogP contribution is -2.24. The van der Waals surface area contributed by atoms with Crippen LogP contribution in [0.25, 0.3) is 0 Å². The van der Waals surface area contributed by atoms with Crippen molar-refractivity contribution in [1.82, 2.24) is 9.97 Å². The first-order valence-electron chi connectivity index (χ1n) is 6.57. The van der Waals surface area contributed by atoms with Crippen LogP contribution < -0.4 is 0 Å². The number of nitrogens with one attached hydrogen (secondary N) is 1. The summed E-state index contributed by atoms with van der Waals surface area (Å²) in [6, 6.07) is 5.37. The summed E-state index contributed by atoms with van der Waals surface area (Å²) in [4.78, 5) is 7.58. The molecule has 2 atom stereocenters. The molecule has 3 aliphatic carbocycles. The molecule has 1 aromatic carbocycles. The molecule has 1 aromatic heterocycles. The lowest BCUT2D eigenvalue weighted by molar-refractivity contribution is 0.509. The number of nitrogens with zero attached hydrogens (tertiary/aromatic N) is 1. The van der Waals surface area contributed by atoms with Crippen LogP contribution in [0, 0.1) is 5.82 Å². The Hall–Kier alpha value is -1.64. The first kappa shape index (κ1) is 9.31. The highest BCUT2D eigenvalue weighted by Gasteiger charge is 2.78. The van der Waals surface area contributed by atoms with Crippen molar-refractivity contribution in [2.24, 2.45) is 0 Å². The van der Waals surface area contributed by atoms with Gasteiger partial charge in [0, 0.05) is 17.0 Å². The normalized spacial score (nSPS) is 33.3. The summed E-state index contributed by atoms with van der Waals surface area (Å²) in [5, 5.41) is 0. The van der Waals surface area contributed by atoms with E-state index >= 15 is 0 Å². The van der Waals surface area contributed by atoms with Gasteiger partial charge in [-0.15, -0.1) is 0 Å². The molecule has 18 heavy (non-hydrogen) atoms. The van der Waals surface area contributed by atoms with E-state index in [9.17, 15) is 4.39 Å². The van der Waals surface area contributed by atoms with Gasteiger partial charge in [0.25, 0.3) is 0 Å². The second-order valence-corrected chi connectivity index (χ2v) is 6.00. The highest BCUT2D eigenvalue weighted by molar-refractivity contribution is 5.62. The predicted octanol–water partition coefficient (Wildman–Crippen LogP) is 3.02. The van der Waals surface area contributed by atoms with Gasteiger partial charge in [-0.05, 0) is 48.4 Å².